The largest absolute Gasteiger partial charge is 0.497 e. The topological polar surface area (TPSA) is 44.2 Å². The van der Waals surface area contributed by atoms with Gasteiger partial charge in [0.25, 0.3) is 0 Å². The number of rotatable bonds is 5. The number of benzene rings is 1. The summed E-state index contributed by atoms with van der Waals surface area (Å²) in [5.74, 6) is 1.59. The quantitative estimate of drug-likeness (QED) is 0.675. The first-order valence-corrected chi connectivity index (χ1v) is 8.51. The van der Waals surface area contributed by atoms with Crippen LogP contribution in [-0.2, 0) is 0 Å². The van der Waals surface area contributed by atoms with Gasteiger partial charge in [0.05, 0.1) is 25.1 Å². The SMILES string of the molecule is COc1ccnc(P(c2ccccc2)c2cc(OC)ccn2)c1. The van der Waals surface area contributed by atoms with Crippen molar-refractivity contribution in [1.29, 1.82) is 0 Å². The highest BCUT2D eigenvalue weighted by Crippen LogP contribution is 2.32. The van der Waals surface area contributed by atoms with Crippen molar-refractivity contribution < 1.29 is 9.47 Å². The van der Waals surface area contributed by atoms with E-state index in [-0.39, 0.29) is 0 Å². The van der Waals surface area contributed by atoms with Crippen LogP contribution in [0.3, 0.4) is 0 Å². The normalized spacial score (nSPS) is 10.6. The molecule has 2 heterocycles. The maximum absolute atomic E-state index is 5.35. The minimum Gasteiger partial charge on any atom is -0.497 e. The summed E-state index contributed by atoms with van der Waals surface area (Å²) in [6.07, 6.45) is 3.54. The number of methoxy groups -OCH3 is 2. The molecule has 3 aromatic rings. The maximum atomic E-state index is 5.35. The van der Waals surface area contributed by atoms with Gasteiger partial charge >= 0.3 is 0 Å². The first-order chi connectivity index (χ1) is 11.3. The Hall–Kier alpha value is -2.45. The van der Waals surface area contributed by atoms with E-state index in [1.807, 2.05) is 42.5 Å². The molecule has 0 aliphatic carbocycles. The molecule has 0 N–H and O–H groups in total. The molecule has 1 aromatic carbocycles. The van der Waals surface area contributed by atoms with E-state index in [0.717, 1.165) is 22.4 Å². The number of hydrogen-bond donors (Lipinski definition) is 0. The summed E-state index contributed by atoms with van der Waals surface area (Å²) in [7, 11) is 2.45. The van der Waals surface area contributed by atoms with Crippen molar-refractivity contribution in [3.05, 3.63) is 67.0 Å². The van der Waals surface area contributed by atoms with E-state index in [9.17, 15) is 0 Å². The minimum absolute atomic E-state index is 0.793. The summed E-state index contributed by atoms with van der Waals surface area (Å²) in [5, 5.41) is 1.18. The van der Waals surface area contributed by atoms with E-state index < -0.39 is 7.92 Å². The second kappa shape index (κ2) is 7.21. The lowest BCUT2D eigenvalue weighted by molar-refractivity contribution is 0.414. The molecule has 0 saturated carbocycles. The highest BCUT2D eigenvalue weighted by molar-refractivity contribution is 7.79. The zero-order valence-electron chi connectivity index (χ0n) is 13.0. The van der Waals surface area contributed by atoms with Crippen molar-refractivity contribution in [2.75, 3.05) is 14.2 Å². The number of aromatic nitrogens is 2. The summed E-state index contributed by atoms with van der Waals surface area (Å²) in [6.45, 7) is 0. The highest BCUT2D eigenvalue weighted by Gasteiger charge is 2.20. The Kier molecular flexibility index (Phi) is 4.84. The zero-order valence-corrected chi connectivity index (χ0v) is 13.9. The summed E-state index contributed by atoms with van der Waals surface area (Å²) < 4.78 is 10.7. The van der Waals surface area contributed by atoms with Gasteiger partial charge in [0.2, 0.25) is 0 Å². The molecule has 116 valence electrons. The van der Waals surface area contributed by atoms with Gasteiger partial charge in [-0.25, -0.2) is 0 Å². The molecule has 0 radical (unpaired) electrons. The van der Waals surface area contributed by atoms with Crippen LogP contribution in [0.5, 0.6) is 11.5 Å². The second-order valence-electron chi connectivity index (χ2n) is 4.78. The molecule has 5 heteroatoms. The predicted molar refractivity (Wildman–Crippen MR) is 93.8 cm³/mol. The van der Waals surface area contributed by atoms with Crippen LogP contribution in [0.2, 0.25) is 0 Å². The Morgan fingerprint density at radius 2 is 1.26 bits per heavy atom. The molecule has 0 aliphatic rings. The standard InChI is InChI=1S/C18H17N2O2P/c1-21-14-8-10-19-17(12-14)23(16-6-4-3-5-7-16)18-13-15(22-2)9-11-20-18/h3-13H,1-2H3. The van der Waals surface area contributed by atoms with Gasteiger partial charge in [-0.05, 0) is 17.4 Å². The van der Waals surface area contributed by atoms with Crippen LogP contribution in [0, 0.1) is 0 Å². The Labute approximate surface area is 136 Å². The number of hydrogen-bond acceptors (Lipinski definition) is 4. The van der Waals surface area contributed by atoms with Crippen LogP contribution in [0.1, 0.15) is 0 Å². The fraction of sp³-hybridized carbons (Fsp3) is 0.111. The fourth-order valence-corrected chi connectivity index (χ4v) is 4.37. The van der Waals surface area contributed by atoms with E-state index in [2.05, 4.69) is 22.1 Å². The van der Waals surface area contributed by atoms with Crippen LogP contribution >= 0.6 is 7.92 Å². The number of nitrogens with zero attached hydrogens (tertiary/aromatic N) is 2. The first-order valence-electron chi connectivity index (χ1n) is 7.17. The molecule has 0 fully saturated rings. The molecule has 0 saturated heterocycles. The molecule has 4 nitrogen and oxygen atoms in total. The van der Waals surface area contributed by atoms with Gasteiger partial charge in [0, 0.05) is 32.4 Å². The summed E-state index contributed by atoms with van der Waals surface area (Å²) in [4.78, 5) is 9.13. The van der Waals surface area contributed by atoms with Crippen molar-refractivity contribution in [2.24, 2.45) is 0 Å². The Morgan fingerprint density at radius 3 is 1.74 bits per heavy atom. The van der Waals surface area contributed by atoms with Crippen LogP contribution in [-0.4, -0.2) is 24.2 Å². The van der Waals surface area contributed by atoms with Gasteiger partial charge in [0.1, 0.15) is 11.5 Å². The van der Waals surface area contributed by atoms with Crippen LogP contribution < -0.4 is 25.6 Å². The molecular formula is C18H17N2O2P. The Bertz CT molecular complexity index is 733. The van der Waals surface area contributed by atoms with Crippen LogP contribution in [0.25, 0.3) is 0 Å². The molecule has 0 atom stereocenters. The molecule has 0 bridgehead atoms. The van der Waals surface area contributed by atoms with Gasteiger partial charge in [-0.3, -0.25) is 9.97 Å². The van der Waals surface area contributed by atoms with E-state index in [4.69, 9.17) is 9.47 Å². The molecule has 0 unspecified atom stereocenters. The summed E-state index contributed by atoms with van der Waals surface area (Å²) >= 11 is 0. The van der Waals surface area contributed by atoms with Gasteiger partial charge in [-0.2, -0.15) is 0 Å². The maximum Gasteiger partial charge on any atom is 0.122 e. The smallest absolute Gasteiger partial charge is 0.122 e. The van der Waals surface area contributed by atoms with Crippen molar-refractivity contribution >= 4 is 24.1 Å². The molecule has 23 heavy (non-hydrogen) atoms. The first kappa shape index (κ1) is 15.4. The lowest BCUT2D eigenvalue weighted by Crippen LogP contribution is -2.24. The summed E-state index contributed by atoms with van der Waals surface area (Å²) in [5.41, 5.74) is 1.90. The predicted octanol–water partition coefficient (Wildman–Crippen LogP) is 2.25. The lowest BCUT2D eigenvalue weighted by Gasteiger charge is -2.18. The van der Waals surface area contributed by atoms with Gasteiger partial charge in [-0.15, -0.1) is 0 Å². The molecular weight excluding hydrogens is 307 g/mol. The van der Waals surface area contributed by atoms with Gasteiger partial charge in [0.15, 0.2) is 0 Å². The second-order valence-corrected chi connectivity index (χ2v) is 6.88. The van der Waals surface area contributed by atoms with E-state index in [0.29, 0.717) is 0 Å². The number of ether oxygens (including phenoxy) is 2. The Balaban J connectivity index is 2.13. The van der Waals surface area contributed by atoms with E-state index >= 15 is 0 Å². The van der Waals surface area contributed by atoms with E-state index in [1.165, 1.54) is 5.30 Å². The van der Waals surface area contributed by atoms with Crippen LogP contribution in [0.15, 0.2) is 67.0 Å². The highest BCUT2D eigenvalue weighted by atomic mass is 31.1. The van der Waals surface area contributed by atoms with Gasteiger partial charge < -0.3 is 9.47 Å². The average Bonchev–Trinajstić information content (AvgIpc) is 2.63. The molecule has 2 aromatic heterocycles. The van der Waals surface area contributed by atoms with E-state index in [1.54, 1.807) is 26.6 Å². The van der Waals surface area contributed by atoms with Crippen molar-refractivity contribution in [3.63, 3.8) is 0 Å². The molecule has 0 spiro atoms. The Morgan fingerprint density at radius 1 is 0.739 bits per heavy atom. The van der Waals surface area contributed by atoms with Crippen molar-refractivity contribution in [1.82, 2.24) is 9.97 Å². The molecule has 3 rings (SSSR count). The third kappa shape index (κ3) is 3.49. The molecule has 0 aliphatic heterocycles. The lowest BCUT2D eigenvalue weighted by atomic mass is 10.4. The molecule has 0 amide bonds. The monoisotopic (exact) mass is 324 g/mol. The third-order valence-corrected chi connectivity index (χ3v) is 5.60. The summed E-state index contributed by atoms with van der Waals surface area (Å²) in [6, 6.07) is 17.9. The average molecular weight is 324 g/mol. The van der Waals surface area contributed by atoms with Crippen LogP contribution in [0.4, 0.5) is 0 Å². The zero-order chi connectivity index (χ0) is 16.1. The number of pyridine rings is 2. The van der Waals surface area contributed by atoms with Crippen molar-refractivity contribution in [3.8, 4) is 11.5 Å². The third-order valence-electron chi connectivity index (χ3n) is 3.38. The van der Waals surface area contributed by atoms with Crippen molar-refractivity contribution in [2.45, 2.75) is 0 Å². The van der Waals surface area contributed by atoms with Gasteiger partial charge in [-0.1, -0.05) is 30.3 Å². The fourth-order valence-electron chi connectivity index (χ4n) is 2.26. The minimum atomic E-state index is -0.872.